The Hall–Kier alpha value is -2.62. The van der Waals surface area contributed by atoms with Crippen LogP contribution in [0.5, 0.6) is 0 Å². The second kappa shape index (κ2) is 6.02. The number of aliphatic carboxylic acids is 1. The Labute approximate surface area is 128 Å². The van der Waals surface area contributed by atoms with Gasteiger partial charge < -0.3 is 14.7 Å². The largest absolute Gasteiger partial charge is 0.481 e. The minimum absolute atomic E-state index is 0.241. The molecule has 2 rings (SSSR count). The van der Waals surface area contributed by atoms with Crippen molar-refractivity contribution in [2.24, 2.45) is 5.92 Å². The van der Waals surface area contributed by atoms with Gasteiger partial charge in [0.2, 0.25) is 0 Å². The van der Waals surface area contributed by atoms with Gasteiger partial charge in [0.25, 0.3) is 0 Å². The van der Waals surface area contributed by atoms with Crippen LogP contribution in [0.1, 0.15) is 35.5 Å². The van der Waals surface area contributed by atoms with Gasteiger partial charge in [0.1, 0.15) is 11.9 Å². The lowest BCUT2D eigenvalue weighted by Crippen LogP contribution is -2.51. The number of aryl methyl sites for hydroxylation is 1. The molecule has 2 heterocycles. The third kappa shape index (κ3) is 3.01. The standard InChI is InChI=1S/C15H17N3O4/c1-8(2)22-15(21)12-4-10(5-16)13(17-9(12)3)18-6-11(7-18)14(19)20/h4,8,11H,6-7H2,1-3H3,(H,19,20). The van der Waals surface area contributed by atoms with Crippen LogP contribution in [0.2, 0.25) is 0 Å². The number of carbonyl (C=O) groups is 2. The minimum Gasteiger partial charge on any atom is -0.481 e. The van der Waals surface area contributed by atoms with Crippen LogP contribution in [-0.4, -0.2) is 41.2 Å². The maximum absolute atomic E-state index is 12.0. The number of carboxylic acid groups (broad SMARTS) is 1. The molecule has 0 aliphatic carbocycles. The molecule has 1 aliphatic heterocycles. The number of ether oxygens (including phenoxy) is 1. The monoisotopic (exact) mass is 303 g/mol. The Morgan fingerprint density at radius 1 is 1.50 bits per heavy atom. The summed E-state index contributed by atoms with van der Waals surface area (Å²) in [5.74, 6) is -1.41. The fourth-order valence-electron chi connectivity index (χ4n) is 2.21. The average molecular weight is 303 g/mol. The van der Waals surface area contributed by atoms with E-state index in [1.165, 1.54) is 6.07 Å². The molecule has 1 aliphatic rings. The van der Waals surface area contributed by atoms with Gasteiger partial charge in [0, 0.05) is 13.1 Å². The van der Waals surface area contributed by atoms with E-state index < -0.39 is 17.9 Å². The molecule has 0 saturated carbocycles. The van der Waals surface area contributed by atoms with Crippen molar-refractivity contribution in [3.63, 3.8) is 0 Å². The van der Waals surface area contributed by atoms with Gasteiger partial charge in [0.15, 0.2) is 0 Å². The molecule has 0 aromatic carbocycles. The van der Waals surface area contributed by atoms with E-state index in [1.54, 1.807) is 25.7 Å². The molecule has 0 radical (unpaired) electrons. The van der Waals surface area contributed by atoms with Crippen molar-refractivity contribution < 1.29 is 19.4 Å². The minimum atomic E-state index is -0.858. The van der Waals surface area contributed by atoms with Crippen LogP contribution in [0.15, 0.2) is 6.07 Å². The first-order valence-corrected chi connectivity index (χ1v) is 6.94. The Balaban J connectivity index is 2.28. The van der Waals surface area contributed by atoms with Crippen molar-refractivity contribution in [1.29, 1.82) is 5.26 Å². The van der Waals surface area contributed by atoms with Crippen LogP contribution in [0.25, 0.3) is 0 Å². The van der Waals surface area contributed by atoms with Gasteiger partial charge in [-0.25, -0.2) is 9.78 Å². The molecule has 22 heavy (non-hydrogen) atoms. The second-order valence-corrected chi connectivity index (χ2v) is 5.50. The molecule has 0 amide bonds. The smallest absolute Gasteiger partial charge is 0.340 e. The summed E-state index contributed by atoms with van der Waals surface area (Å²) < 4.78 is 5.13. The Morgan fingerprint density at radius 2 is 2.14 bits per heavy atom. The molecule has 7 nitrogen and oxygen atoms in total. The predicted octanol–water partition coefficient (Wildman–Crippen LogP) is 1.35. The zero-order valence-electron chi connectivity index (χ0n) is 12.7. The number of rotatable bonds is 4. The quantitative estimate of drug-likeness (QED) is 0.837. The van der Waals surface area contributed by atoms with Gasteiger partial charge in [-0.1, -0.05) is 0 Å². The number of carbonyl (C=O) groups excluding carboxylic acids is 1. The van der Waals surface area contributed by atoms with Crippen LogP contribution in [0.4, 0.5) is 5.82 Å². The molecule has 0 bridgehead atoms. The summed E-state index contributed by atoms with van der Waals surface area (Å²) in [6.45, 7) is 5.77. The first-order chi connectivity index (χ1) is 10.3. The molecule has 1 fully saturated rings. The van der Waals surface area contributed by atoms with Crippen molar-refractivity contribution in [3.8, 4) is 6.07 Å². The zero-order chi connectivity index (χ0) is 16.4. The van der Waals surface area contributed by atoms with E-state index >= 15 is 0 Å². The van der Waals surface area contributed by atoms with Crippen molar-refractivity contribution >= 4 is 17.8 Å². The lowest BCUT2D eigenvalue weighted by Gasteiger charge is -2.38. The van der Waals surface area contributed by atoms with Gasteiger partial charge in [0.05, 0.1) is 28.8 Å². The molecular weight excluding hydrogens is 286 g/mol. The number of hydrogen-bond acceptors (Lipinski definition) is 6. The third-order valence-corrected chi connectivity index (χ3v) is 3.41. The van der Waals surface area contributed by atoms with Crippen LogP contribution in [-0.2, 0) is 9.53 Å². The van der Waals surface area contributed by atoms with Crippen LogP contribution < -0.4 is 4.90 Å². The molecule has 0 atom stereocenters. The molecule has 7 heteroatoms. The predicted molar refractivity (Wildman–Crippen MR) is 77.6 cm³/mol. The fraction of sp³-hybridized carbons (Fsp3) is 0.467. The van der Waals surface area contributed by atoms with E-state index in [0.29, 0.717) is 24.6 Å². The van der Waals surface area contributed by atoms with Gasteiger partial charge >= 0.3 is 11.9 Å². The summed E-state index contributed by atoms with van der Waals surface area (Å²) in [5.41, 5.74) is 0.952. The number of nitrogens with zero attached hydrogens (tertiary/aromatic N) is 3. The van der Waals surface area contributed by atoms with Crippen molar-refractivity contribution in [2.75, 3.05) is 18.0 Å². The molecule has 0 spiro atoms. The average Bonchev–Trinajstić information content (AvgIpc) is 2.35. The van der Waals surface area contributed by atoms with Gasteiger partial charge in [-0.3, -0.25) is 4.79 Å². The highest BCUT2D eigenvalue weighted by Crippen LogP contribution is 2.28. The highest BCUT2D eigenvalue weighted by atomic mass is 16.5. The van der Waals surface area contributed by atoms with Gasteiger partial charge in [-0.2, -0.15) is 5.26 Å². The van der Waals surface area contributed by atoms with E-state index in [4.69, 9.17) is 9.84 Å². The number of hydrogen-bond donors (Lipinski definition) is 1. The molecular formula is C15H17N3O4. The highest BCUT2D eigenvalue weighted by Gasteiger charge is 2.35. The number of nitriles is 1. The number of carboxylic acids is 1. The lowest BCUT2D eigenvalue weighted by atomic mass is 9.99. The van der Waals surface area contributed by atoms with Gasteiger partial charge in [-0.05, 0) is 26.8 Å². The van der Waals surface area contributed by atoms with Crippen molar-refractivity contribution in [2.45, 2.75) is 26.9 Å². The molecule has 1 N–H and O–H groups in total. The van der Waals surface area contributed by atoms with Crippen molar-refractivity contribution in [1.82, 2.24) is 4.98 Å². The SMILES string of the molecule is Cc1nc(N2CC(C(=O)O)C2)c(C#N)cc1C(=O)OC(C)C. The topological polar surface area (TPSA) is 104 Å². The lowest BCUT2D eigenvalue weighted by molar-refractivity contribution is -0.142. The molecule has 1 saturated heterocycles. The number of aromatic nitrogens is 1. The van der Waals surface area contributed by atoms with Crippen LogP contribution in [0, 0.1) is 24.2 Å². The van der Waals surface area contributed by atoms with Crippen LogP contribution in [0.3, 0.4) is 0 Å². The molecule has 1 aromatic rings. The third-order valence-electron chi connectivity index (χ3n) is 3.41. The number of anilines is 1. The zero-order valence-corrected chi connectivity index (χ0v) is 12.7. The molecule has 0 unspecified atom stereocenters. The van der Waals surface area contributed by atoms with E-state index in [-0.39, 0.29) is 17.2 Å². The number of esters is 1. The Bertz CT molecular complexity index is 657. The molecule has 1 aromatic heterocycles. The molecule has 116 valence electrons. The fourth-order valence-corrected chi connectivity index (χ4v) is 2.21. The first-order valence-electron chi connectivity index (χ1n) is 6.94. The Kier molecular flexibility index (Phi) is 4.31. The van der Waals surface area contributed by atoms with Gasteiger partial charge in [-0.15, -0.1) is 0 Å². The normalized spacial score (nSPS) is 14.4. The Morgan fingerprint density at radius 3 is 2.64 bits per heavy atom. The van der Waals surface area contributed by atoms with E-state index in [2.05, 4.69) is 4.98 Å². The van der Waals surface area contributed by atoms with Crippen LogP contribution >= 0.6 is 0 Å². The highest BCUT2D eigenvalue weighted by molar-refractivity contribution is 5.91. The second-order valence-electron chi connectivity index (χ2n) is 5.50. The van der Waals surface area contributed by atoms with Crippen molar-refractivity contribution in [3.05, 3.63) is 22.9 Å². The summed E-state index contributed by atoms with van der Waals surface area (Å²) in [6, 6.07) is 3.46. The van der Waals surface area contributed by atoms with E-state index in [0.717, 1.165) is 0 Å². The number of pyridine rings is 1. The summed E-state index contributed by atoms with van der Waals surface area (Å²) in [4.78, 5) is 28.9. The summed E-state index contributed by atoms with van der Waals surface area (Å²) in [6.07, 6.45) is -0.260. The van der Waals surface area contributed by atoms with E-state index in [1.807, 2.05) is 6.07 Å². The maximum Gasteiger partial charge on any atom is 0.340 e. The maximum atomic E-state index is 12.0. The summed E-state index contributed by atoms with van der Waals surface area (Å²) in [7, 11) is 0. The first kappa shape index (κ1) is 15.8. The summed E-state index contributed by atoms with van der Waals surface area (Å²) >= 11 is 0. The van der Waals surface area contributed by atoms with E-state index in [9.17, 15) is 14.9 Å². The summed E-state index contributed by atoms with van der Waals surface area (Å²) in [5, 5.41) is 18.2.